The van der Waals surface area contributed by atoms with Gasteiger partial charge in [-0.05, 0) is 28.1 Å². The van der Waals surface area contributed by atoms with Gasteiger partial charge in [0.2, 0.25) is 0 Å². The number of amides is 1. The van der Waals surface area contributed by atoms with Crippen molar-refractivity contribution in [1.82, 2.24) is 25.9 Å². The lowest BCUT2D eigenvalue weighted by Gasteiger charge is -2.05. The molecular formula is C9H7BrFN5O. The Balaban J connectivity index is 2.10. The van der Waals surface area contributed by atoms with Crippen molar-refractivity contribution in [3.63, 3.8) is 0 Å². The highest BCUT2D eigenvalue weighted by Gasteiger charge is 2.15. The fourth-order valence-electron chi connectivity index (χ4n) is 1.22. The number of tetrazole rings is 1. The van der Waals surface area contributed by atoms with Crippen LogP contribution in [-0.2, 0) is 6.54 Å². The molecule has 0 saturated carbocycles. The third kappa shape index (κ3) is 2.64. The molecule has 88 valence electrons. The topological polar surface area (TPSA) is 83.6 Å². The monoisotopic (exact) mass is 299 g/mol. The summed E-state index contributed by atoms with van der Waals surface area (Å²) in [7, 11) is 0. The van der Waals surface area contributed by atoms with Crippen LogP contribution in [0.3, 0.4) is 0 Å². The highest BCUT2D eigenvalue weighted by atomic mass is 79.9. The number of hydrogen-bond donors (Lipinski definition) is 2. The van der Waals surface area contributed by atoms with Crippen LogP contribution in [0.1, 0.15) is 16.2 Å². The number of aromatic nitrogens is 4. The maximum Gasteiger partial charge on any atom is 0.255 e. The molecule has 1 aromatic carbocycles. The number of aromatic amines is 1. The summed E-state index contributed by atoms with van der Waals surface area (Å²) in [4.78, 5) is 11.7. The lowest BCUT2D eigenvalue weighted by atomic mass is 10.2. The molecule has 0 spiro atoms. The summed E-state index contributed by atoms with van der Waals surface area (Å²) < 4.78 is 13.8. The van der Waals surface area contributed by atoms with Gasteiger partial charge in [-0.25, -0.2) is 4.39 Å². The van der Waals surface area contributed by atoms with Crippen LogP contribution >= 0.6 is 15.9 Å². The number of nitrogens with zero attached hydrogens (tertiary/aromatic N) is 3. The fraction of sp³-hybridized carbons (Fsp3) is 0.111. The molecule has 2 N–H and O–H groups in total. The first-order chi connectivity index (χ1) is 8.18. The molecule has 0 unspecified atom stereocenters. The Labute approximate surface area is 104 Å². The van der Waals surface area contributed by atoms with Gasteiger partial charge < -0.3 is 5.32 Å². The summed E-state index contributed by atoms with van der Waals surface area (Å²) in [6.07, 6.45) is 0. The largest absolute Gasteiger partial charge is 0.344 e. The number of nitrogens with one attached hydrogen (secondary N) is 2. The number of rotatable bonds is 3. The zero-order chi connectivity index (χ0) is 12.3. The quantitative estimate of drug-likeness (QED) is 0.887. The molecule has 0 bridgehead atoms. The number of carbonyl (C=O) groups is 1. The van der Waals surface area contributed by atoms with Crippen molar-refractivity contribution in [2.75, 3.05) is 0 Å². The molecular weight excluding hydrogens is 293 g/mol. The van der Waals surface area contributed by atoms with Crippen molar-refractivity contribution in [3.05, 3.63) is 39.9 Å². The minimum Gasteiger partial charge on any atom is -0.344 e. The van der Waals surface area contributed by atoms with Crippen molar-refractivity contribution in [2.45, 2.75) is 6.54 Å². The van der Waals surface area contributed by atoms with E-state index in [1.165, 1.54) is 12.1 Å². The molecule has 0 saturated heterocycles. The summed E-state index contributed by atoms with van der Waals surface area (Å²) >= 11 is 3.12. The Morgan fingerprint density at radius 2 is 2.35 bits per heavy atom. The van der Waals surface area contributed by atoms with Crippen LogP contribution in [0.2, 0.25) is 0 Å². The van der Waals surface area contributed by atoms with Crippen molar-refractivity contribution in [1.29, 1.82) is 0 Å². The summed E-state index contributed by atoms with van der Waals surface area (Å²) in [6.45, 7) is 0.0795. The molecule has 8 heteroatoms. The van der Waals surface area contributed by atoms with Crippen LogP contribution in [-0.4, -0.2) is 26.5 Å². The van der Waals surface area contributed by atoms with Crippen LogP contribution in [0, 0.1) is 5.82 Å². The Morgan fingerprint density at radius 1 is 1.53 bits per heavy atom. The number of hydrogen-bond acceptors (Lipinski definition) is 4. The number of carbonyl (C=O) groups excluding carboxylic acids is 1. The highest BCUT2D eigenvalue weighted by Crippen LogP contribution is 2.19. The molecule has 6 nitrogen and oxygen atoms in total. The highest BCUT2D eigenvalue weighted by molar-refractivity contribution is 9.10. The van der Waals surface area contributed by atoms with Crippen molar-refractivity contribution >= 4 is 21.8 Å². The molecule has 0 aliphatic carbocycles. The Kier molecular flexibility index (Phi) is 3.43. The van der Waals surface area contributed by atoms with Gasteiger partial charge >= 0.3 is 0 Å². The number of H-pyrrole nitrogens is 1. The summed E-state index contributed by atoms with van der Waals surface area (Å²) in [5.74, 6) is -0.810. The molecule has 17 heavy (non-hydrogen) atoms. The van der Waals surface area contributed by atoms with Gasteiger partial charge in [0, 0.05) is 4.47 Å². The van der Waals surface area contributed by atoms with Crippen molar-refractivity contribution < 1.29 is 9.18 Å². The molecule has 2 aromatic rings. The molecule has 2 rings (SSSR count). The number of benzene rings is 1. The van der Waals surface area contributed by atoms with E-state index in [0.717, 1.165) is 0 Å². The molecule has 0 aliphatic heterocycles. The minimum atomic E-state index is -0.593. The second kappa shape index (κ2) is 5.00. The van der Waals surface area contributed by atoms with Gasteiger partial charge in [-0.3, -0.25) is 4.79 Å². The number of halogens is 2. The second-order valence-corrected chi connectivity index (χ2v) is 3.96. The lowest BCUT2D eigenvalue weighted by Crippen LogP contribution is -2.24. The van der Waals surface area contributed by atoms with Crippen LogP contribution in [0.4, 0.5) is 4.39 Å². The smallest absolute Gasteiger partial charge is 0.255 e. The molecule has 0 aliphatic rings. The van der Waals surface area contributed by atoms with Gasteiger partial charge in [-0.15, -0.1) is 10.2 Å². The molecule has 1 aromatic heterocycles. The van der Waals surface area contributed by atoms with E-state index >= 15 is 0 Å². The van der Waals surface area contributed by atoms with Gasteiger partial charge in [0.25, 0.3) is 5.91 Å². The SMILES string of the molecule is O=C(NCc1nn[nH]n1)c1c(F)cccc1Br. The van der Waals surface area contributed by atoms with Crippen molar-refractivity contribution in [2.24, 2.45) is 0 Å². The maximum atomic E-state index is 13.4. The zero-order valence-corrected chi connectivity index (χ0v) is 10.0. The van der Waals surface area contributed by atoms with Gasteiger partial charge in [0.15, 0.2) is 5.82 Å². The average molecular weight is 300 g/mol. The van der Waals surface area contributed by atoms with E-state index in [4.69, 9.17) is 0 Å². The standard InChI is InChI=1S/C9H7BrFN5O/c10-5-2-1-3-6(11)8(5)9(17)12-4-7-13-15-16-14-7/h1-3H,4H2,(H,12,17)(H,13,14,15,16). The molecule has 1 amide bonds. The van der Waals surface area contributed by atoms with Crippen molar-refractivity contribution in [3.8, 4) is 0 Å². The van der Waals surface area contributed by atoms with E-state index in [0.29, 0.717) is 10.3 Å². The first-order valence-electron chi connectivity index (χ1n) is 4.63. The summed E-state index contributed by atoms with van der Waals surface area (Å²) in [6, 6.07) is 4.32. The van der Waals surface area contributed by atoms with E-state index in [1.54, 1.807) is 6.07 Å². The van der Waals surface area contributed by atoms with Crippen LogP contribution in [0.5, 0.6) is 0 Å². The minimum absolute atomic E-state index is 0.0454. The third-order valence-electron chi connectivity index (χ3n) is 1.99. The van der Waals surface area contributed by atoms with Crippen LogP contribution < -0.4 is 5.32 Å². The average Bonchev–Trinajstić information content (AvgIpc) is 2.79. The fourth-order valence-corrected chi connectivity index (χ4v) is 1.74. The normalized spacial score (nSPS) is 10.2. The van der Waals surface area contributed by atoms with Crippen LogP contribution in [0.25, 0.3) is 0 Å². The predicted molar refractivity (Wildman–Crippen MR) is 59.4 cm³/mol. The molecule has 0 atom stereocenters. The first-order valence-corrected chi connectivity index (χ1v) is 5.42. The molecule has 0 radical (unpaired) electrons. The van der Waals surface area contributed by atoms with E-state index in [2.05, 4.69) is 41.9 Å². The van der Waals surface area contributed by atoms with E-state index < -0.39 is 11.7 Å². The Bertz CT molecular complexity index is 510. The Hall–Kier alpha value is -1.83. The zero-order valence-electron chi connectivity index (χ0n) is 8.44. The van der Waals surface area contributed by atoms with E-state index in [1.807, 2.05) is 0 Å². The first kappa shape index (κ1) is 11.6. The van der Waals surface area contributed by atoms with Gasteiger partial charge in [-0.2, -0.15) is 5.21 Å². The Morgan fingerprint density at radius 3 is 3.00 bits per heavy atom. The molecule has 0 fully saturated rings. The summed E-state index contributed by atoms with van der Waals surface area (Å²) in [5, 5.41) is 15.4. The third-order valence-corrected chi connectivity index (χ3v) is 2.65. The predicted octanol–water partition coefficient (Wildman–Crippen LogP) is 1.03. The lowest BCUT2D eigenvalue weighted by molar-refractivity contribution is 0.0945. The van der Waals surface area contributed by atoms with Gasteiger partial charge in [-0.1, -0.05) is 11.3 Å². The second-order valence-electron chi connectivity index (χ2n) is 3.11. The van der Waals surface area contributed by atoms with Gasteiger partial charge in [0.05, 0.1) is 12.1 Å². The molecule has 1 heterocycles. The van der Waals surface area contributed by atoms with E-state index in [-0.39, 0.29) is 12.1 Å². The van der Waals surface area contributed by atoms with Crippen LogP contribution in [0.15, 0.2) is 22.7 Å². The summed E-state index contributed by atoms with van der Waals surface area (Å²) in [5.41, 5.74) is -0.0454. The van der Waals surface area contributed by atoms with E-state index in [9.17, 15) is 9.18 Å². The van der Waals surface area contributed by atoms with Gasteiger partial charge in [0.1, 0.15) is 5.82 Å². The maximum absolute atomic E-state index is 13.4.